The summed E-state index contributed by atoms with van der Waals surface area (Å²) in [6.07, 6.45) is 1.63. The molecule has 8 heteroatoms. The van der Waals surface area contributed by atoms with Gasteiger partial charge in [0.25, 0.3) is 0 Å². The molecule has 0 saturated carbocycles. The summed E-state index contributed by atoms with van der Waals surface area (Å²) in [5, 5.41) is 7.76. The van der Waals surface area contributed by atoms with Crippen LogP contribution in [-0.4, -0.2) is 29.9 Å². The van der Waals surface area contributed by atoms with Crippen LogP contribution >= 0.6 is 11.6 Å². The van der Waals surface area contributed by atoms with Crippen LogP contribution in [0.15, 0.2) is 42.6 Å². The molecule has 2 rings (SSSR count). The number of nitrogens with one attached hydrogen (secondary N) is 3. The number of amides is 2. The van der Waals surface area contributed by atoms with E-state index in [9.17, 15) is 14.0 Å². The minimum absolute atomic E-state index is 0.110. The third-order valence-corrected chi connectivity index (χ3v) is 3.00. The van der Waals surface area contributed by atoms with Gasteiger partial charge in [-0.2, -0.15) is 0 Å². The lowest BCUT2D eigenvalue weighted by molar-refractivity contribution is -0.136. The van der Waals surface area contributed by atoms with Crippen molar-refractivity contribution in [1.29, 1.82) is 0 Å². The van der Waals surface area contributed by atoms with E-state index in [2.05, 4.69) is 20.9 Å². The number of halogens is 2. The zero-order chi connectivity index (χ0) is 16.7. The molecule has 0 atom stereocenters. The van der Waals surface area contributed by atoms with Crippen LogP contribution in [-0.2, 0) is 9.59 Å². The molecule has 0 aliphatic rings. The van der Waals surface area contributed by atoms with Crippen LogP contribution in [0.2, 0.25) is 5.02 Å². The van der Waals surface area contributed by atoms with Crippen molar-refractivity contribution >= 4 is 34.9 Å². The predicted octanol–water partition coefficient (Wildman–Crippen LogP) is 2.04. The highest BCUT2D eigenvalue weighted by molar-refractivity contribution is 6.39. The topological polar surface area (TPSA) is 83.1 Å². The molecule has 2 aromatic rings. The second-order valence-electron chi connectivity index (χ2n) is 4.48. The van der Waals surface area contributed by atoms with Gasteiger partial charge in [0, 0.05) is 24.3 Å². The summed E-state index contributed by atoms with van der Waals surface area (Å²) >= 11 is 5.61. The Bertz CT molecular complexity index is 697. The lowest BCUT2D eigenvalue weighted by Crippen LogP contribution is -2.38. The number of pyridine rings is 1. The maximum absolute atomic E-state index is 13.5. The van der Waals surface area contributed by atoms with Crippen molar-refractivity contribution in [3.8, 4) is 0 Å². The van der Waals surface area contributed by atoms with Gasteiger partial charge >= 0.3 is 11.8 Å². The van der Waals surface area contributed by atoms with Gasteiger partial charge in [-0.05, 0) is 30.3 Å². The Kier molecular flexibility index (Phi) is 5.87. The van der Waals surface area contributed by atoms with Gasteiger partial charge in [0.05, 0.1) is 5.69 Å². The Morgan fingerprint density at radius 3 is 2.65 bits per heavy atom. The molecule has 23 heavy (non-hydrogen) atoms. The largest absolute Gasteiger partial charge is 0.368 e. The van der Waals surface area contributed by atoms with Crippen LogP contribution in [0.25, 0.3) is 0 Å². The Hall–Kier alpha value is -2.67. The van der Waals surface area contributed by atoms with Crippen LogP contribution in [0.4, 0.5) is 15.9 Å². The van der Waals surface area contributed by atoms with Crippen molar-refractivity contribution in [3.63, 3.8) is 0 Å². The predicted molar refractivity (Wildman–Crippen MR) is 85.8 cm³/mol. The Labute approximate surface area is 137 Å². The molecule has 0 unspecified atom stereocenters. The SMILES string of the molecule is O=C(NCCNc1ccccn1)C(=O)Nc1ccc(Cl)cc1F. The van der Waals surface area contributed by atoms with Gasteiger partial charge in [0.1, 0.15) is 11.6 Å². The minimum Gasteiger partial charge on any atom is -0.368 e. The van der Waals surface area contributed by atoms with Gasteiger partial charge in [-0.1, -0.05) is 17.7 Å². The molecule has 120 valence electrons. The molecule has 0 fully saturated rings. The van der Waals surface area contributed by atoms with Crippen molar-refractivity contribution < 1.29 is 14.0 Å². The molecule has 2 amide bonds. The van der Waals surface area contributed by atoms with Crippen molar-refractivity contribution in [2.45, 2.75) is 0 Å². The van der Waals surface area contributed by atoms with E-state index in [0.29, 0.717) is 12.4 Å². The standard InChI is InChI=1S/C15H14ClFN4O2/c16-10-4-5-12(11(17)9-10)21-15(23)14(22)20-8-7-19-13-3-1-2-6-18-13/h1-6,9H,7-8H2,(H,18,19)(H,20,22)(H,21,23). The van der Waals surface area contributed by atoms with Gasteiger partial charge in [0.15, 0.2) is 0 Å². The average Bonchev–Trinajstić information content (AvgIpc) is 2.55. The lowest BCUT2D eigenvalue weighted by Gasteiger charge is -2.08. The van der Waals surface area contributed by atoms with Gasteiger partial charge in [-0.15, -0.1) is 0 Å². The quantitative estimate of drug-likeness (QED) is 0.576. The molecular weight excluding hydrogens is 323 g/mol. The maximum atomic E-state index is 13.5. The summed E-state index contributed by atoms with van der Waals surface area (Å²) in [4.78, 5) is 27.3. The van der Waals surface area contributed by atoms with Crippen molar-refractivity contribution in [2.24, 2.45) is 0 Å². The smallest absolute Gasteiger partial charge is 0.313 e. The first kappa shape index (κ1) is 16.7. The number of hydrogen-bond donors (Lipinski definition) is 3. The second-order valence-corrected chi connectivity index (χ2v) is 4.91. The molecule has 3 N–H and O–H groups in total. The number of hydrogen-bond acceptors (Lipinski definition) is 4. The van der Waals surface area contributed by atoms with E-state index in [-0.39, 0.29) is 17.3 Å². The highest BCUT2D eigenvalue weighted by atomic mass is 35.5. The molecule has 0 saturated heterocycles. The highest BCUT2D eigenvalue weighted by Gasteiger charge is 2.15. The first-order valence-electron chi connectivity index (χ1n) is 6.75. The van der Waals surface area contributed by atoms with Crippen LogP contribution < -0.4 is 16.0 Å². The van der Waals surface area contributed by atoms with Crippen LogP contribution in [0.3, 0.4) is 0 Å². The fourth-order valence-corrected chi connectivity index (χ4v) is 1.84. The molecule has 0 radical (unpaired) electrons. The van der Waals surface area contributed by atoms with Crippen LogP contribution in [0.1, 0.15) is 0 Å². The first-order valence-corrected chi connectivity index (χ1v) is 7.13. The van der Waals surface area contributed by atoms with E-state index in [1.54, 1.807) is 18.3 Å². The summed E-state index contributed by atoms with van der Waals surface area (Å²) < 4.78 is 13.5. The molecule has 0 spiro atoms. The number of rotatable bonds is 5. The Morgan fingerprint density at radius 2 is 1.96 bits per heavy atom. The fourth-order valence-electron chi connectivity index (χ4n) is 1.68. The maximum Gasteiger partial charge on any atom is 0.313 e. The number of carbonyl (C=O) groups excluding carboxylic acids is 2. The zero-order valence-electron chi connectivity index (χ0n) is 12.0. The number of nitrogens with zero attached hydrogens (tertiary/aromatic N) is 1. The number of aromatic nitrogens is 1. The molecule has 1 heterocycles. The third kappa shape index (κ3) is 5.23. The molecule has 0 aliphatic heterocycles. The first-order chi connectivity index (χ1) is 11.1. The average molecular weight is 337 g/mol. The highest BCUT2D eigenvalue weighted by Crippen LogP contribution is 2.18. The van der Waals surface area contributed by atoms with Gasteiger partial charge in [0.2, 0.25) is 0 Å². The summed E-state index contributed by atoms with van der Waals surface area (Å²) in [5.74, 6) is -1.86. The number of benzene rings is 1. The fraction of sp³-hybridized carbons (Fsp3) is 0.133. The molecular formula is C15H14ClFN4O2. The van der Waals surface area contributed by atoms with Crippen LogP contribution in [0.5, 0.6) is 0 Å². The van der Waals surface area contributed by atoms with E-state index < -0.39 is 17.6 Å². The van der Waals surface area contributed by atoms with E-state index in [1.807, 2.05) is 6.07 Å². The van der Waals surface area contributed by atoms with E-state index in [0.717, 1.165) is 6.07 Å². The van der Waals surface area contributed by atoms with Crippen molar-refractivity contribution in [1.82, 2.24) is 10.3 Å². The molecule has 1 aromatic carbocycles. The van der Waals surface area contributed by atoms with Gasteiger partial charge in [-0.3, -0.25) is 9.59 Å². The Balaban J connectivity index is 1.75. The summed E-state index contributed by atoms with van der Waals surface area (Å²) in [5.41, 5.74) is -0.110. The number of carbonyl (C=O) groups is 2. The zero-order valence-corrected chi connectivity index (χ0v) is 12.7. The second kappa shape index (κ2) is 8.09. The normalized spacial score (nSPS) is 10.0. The van der Waals surface area contributed by atoms with Crippen molar-refractivity contribution in [3.05, 3.63) is 53.4 Å². The monoisotopic (exact) mass is 336 g/mol. The van der Waals surface area contributed by atoms with Crippen LogP contribution in [0, 0.1) is 5.82 Å². The third-order valence-electron chi connectivity index (χ3n) is 2.77. The summed E-state index contributed by atoms with van der Waals surface area (Å²) in [6, 6.07) is 9.12. The Morgan fingerprint density at radius 1 is 1.13 bits per heavy atom. The van der Waals surface area contributed by atoms with Crippen molar-refractivity contribution in [2.75, 3.05) is 23.7 Å². The summed E-state index contributed by atoms with van der Waals surface area (Å²) in [6.45, 7) is 0.608. The molecule has 6 nitrogen and oxygen atoms in total. The van der Waals surface area contributed by atoms with E-state index >= 15 is 0 Å². The lowest BCUT2D eigenvalue weighted by atomic mass is 10.3. The van der Waals surface area contributed by atoms with Gasteiger partial charge in [-0.25, -0.2) is 9.37 Å². The minimum atomic E-state index is -0.955. The van der Waals surface area contributed by atoms with E-state index in [4.69, 9.17) is 11.6 Å². The van der Waals surface area contributed by atoms with E-state index in [1.165, 1.54) is 12.1 Å². The van der Waals surface area contributed by atoms with Gasteiger partial charge < -0.3 is 16.0 Å². The molecule has 1 aromatic heterocycles. The molecule has 0 bridgehead atoms. The molecule has 0 aliphatic carbocycles. The summed E-state index contributed by atoms with van der Waals surface area (Å²) in [7, 11) is 0. The number of anilines is 2.